The molecule has 2 rings (SSSR count). The van der Waals surface area contributed by atoms with Crippen LogP contribution in [0.2, 0.25) is 0 Å². The monoisotopic (exact) mass is 339 g/mol. The number of carbonyl (C=O) groups excluding carboxylic acids is 1. The lowest BCUT2D eigenvalue weighted by Gasteiger charge is -2.11. The Bertz CT molecular complexity index is 677. The normalized spacial score (nSPS) is 11.4. The standard InChI is InChI=1S/C21H25NO3/c1-4-14-24-19-12-8-18(9-13-19)22-21(23)15-25-20-10-6-17(7-11-20)16(3)5-2/h4,6-13,16H,1,5,14-15H2,2-3H3,(H,22,23). The molecule has 2 aromatic carbocycles. The van der Waals surface area contributed by atoms with Gasteiger partial charge in [-0.25, -0.2) is 0 Å². The van der Waals surface area contributed by atoms with Crippen molar-refractivity contribution in [3.05, 3.63) is 66.7 Å². The SMILES string of the molecule is C=CCOc1ccc(NC(=O)COc2ccc(C(C)CC)cc2)cc1. The van der Waals surface area contributed by atoms with Gasteiger partial charge < -0.3 is 14.8 Å². The fraction of sp³-hybridized carbons (Fsp3) is 0.286. The van der Waals surface area contributed by atoms with Crippen LogP contribution >= 0.6 is 0 Å². The van der Waals surface area contributed by atoms with Gasteiger partial charge in [0.05, 0.1) is 0 Å². The molecule has 4 nitrogen and oxygen atoms in total. The van der Waals surface area contributed by atoms with E-state index in [2.05, 4.69) is 25.7 Å². The first-order valence-electron chi connectivity index (χ1n) is 8.48. The molecule has 0 saturated carbocycles. The summed E-state index contributed by atoms with van der Waals surface area (Å²) >= 11 is 0. The molecular weight excluding hydrogens is 314 g/mol. The van der Waals surface area contributed by atoms with Gasteiger partial charge in [0.25, 0.3) is 5.91 Å². The summed E-state index contributed by atoms with van der Waals surface area (Å²) in [4.78, 5) is 12.0. The van der Waals surface area contributed by atoms with Crippen LogP contribution < -0.4 is 14.8 Å². The molecule has 1 amide bonds. The Labute approximate surface area is 149 Å². The van der Waals surface area contributed by atoms with Crippen LogP contribution in [0.4, 0.5) is 5.69 Å². The highest BCUT2D eigenvalue weighted by Crippen LogP contribution is 2.21. The second kappa shape index (κ2) is 9.52. The molecular formula is C21H25NO3. The molecule has 0 fully saturated rings. The van der Waals surface area contributed by atoms with E-state index in [0.717, 1.165) is 12.2 Å². The van der Waals surface area contributed by atoms with E-state index in [-0.39, 0.29) is 12.5 Å². The molecule has 1 atom stereocenters. The highest BCUT2D eigenvalue weighted by atomic mass is 16.5. The number of nitrogens with one attached hydrogen (secondary N) is 1. The summed E-state index contributed by atoms with van der Waals surface area (Å²) in [6.45, 7) is 8.38. The first-order chi connectivity index (χ1) is 12.1. The van der Waals surface area contributed by atoms with E-state index in [9.17, 15) is 4.79 Å². The molecule has 0 aliphatic carbocycles. The maximum absolute atomic E-state index is 12.0. The fourth-order valence-electron chi connectivity index (χ4n) is 2.26. The van der Waals surface area contributed by atoms with Crippen molar-refractivity contribution in [2.24, 2.45) is 0 Å². The van der Waals surface area contributed by atoms with Crippen LogP contribution in [0.15, 0.2) is 61.2 Å². The molecule has 2 aromatic rings. The molecule has 132 valence electrons. The zero-order valence-electron chi connectivity index (χ0n) is 14.8. The Morgan fingerprint density at radius 2 is 1.68 bits per heavy atom. The number of amides is 1. The summed E-state index contributed by atoms with van der Waals surface area (Å²) in [6, 6.07) is 15.1. The van der Waals surface area contributed by atoms with Crippen LogP contribution in [0.25, 0.3) is 0 Å². The summed E-state index contributed by atoms with van der Waals surface area (Å²) in [6.07, 6.45) is 2.78. The van der Waals surface area contributed by atoms with Gasteiger partial charge in [-0.1, -0.05) is 38.6 Å². The van der Waals surface area contributed by atoms with Gasteiger partial charge >= 0.3 is 0 Å². The van der Waals surface area contributed by atoms with Crippen LogP contribution in [0.5, 0.6) is 11.5 Å². The molecule has 0 spiro atoms. The van der Waals surface area contributed by atoms with Crippen molar-refractivity contribution < 1.29 is 14.3 Å². The molecule has 0 aliphatic rings. The van der Waals surface area contributed by atoms with Crippen molar-refractivity contribution in [2.45, 2.75) is 26.2 Å². The summed E-state index contributed by atoms with van der Waals surface area (Å²) < 4.78 is 10.9. The number of hydrogen-bond acceptors (Lipinski definition) is 3. The number of rotatable bonds is 9. The molecule has 0 heterocycles. The third-order valence-electron chi connectivity index (χ3n) is 3.94. The third kappa shape index (κ3) is 5.99. The minimum Gasteiger partial charge on any atom is -0.490 e. The minimum atomic E-state index is -0.203. The zero-order chi connectivity index (χ0) is 18.1. The average Bonchev–Trinajstić information content (AvgIpc) is 2.65. The molecule has 25 heavy (non-hydrogen) atoms. The van der Waals surface area contributed by atoms with Crippen LogP contribution in [-0.4, -0.2) is 19.1 Å². The van der Waals surface area contributed by atoms with E-state index in [1.165, 1.54) is 5.56 Å². The molecule has 4 heteroatoms. The topological polar surface area (TPSA) is 47.6 Å². The van der Waals surface area contributed by atoms with Crippen LogP contribution in [0.3, 0.4) is 0 Å². The Balaban J connectivity index is 1.81. The number of hydrogen-bond donors (Lipinski definition) is 1. The van der Waals surface area contributed by atoms with E-state index in [1.807, 2.05) is 24.3 Å². The van der Waals surface area contributed by atoms with Gasteiger partial charge in [0, 0.05) is 5.69 Å². The Hall–Kier alpha value is -2.75. The first-order valence-corrected chi connectivity index (χ1v) is 8.48. The quantitative estimate of drug-likeness (QED) is 0.669. The average molecular weight is 339 g/mol. The van der Waals surface area contributed by atoms with Gasteiger partial charge in [0.15, 0.2) is 6.61 Å². The number of ether oxygens (including phenoxy) is 2. The van der Waals surface area contributed by atoms with Gasteiger partial charge in [0.1, 0.15) is 18.1 Å². The Morgan fingerprint density at radius 1 is 1.08 bits per heavy atom. The third-order valence-corrected chi connectivity index (χ3v) is 3.94. The van der Waals surface area contributed by atoms with Gasteiger partial charge in [-0.2, -0.15) is 0 Å². The summed E-state index contributed by atoms with van der Waals surface area (Å²) in [5.41, 5.74) is 1.98. The Kier molecular flexibility index (Phi) is 7.08. The van der Waals surface area contributed by atoms with E-state index in [0.29, 0.717) is 24.0 Å². The summed E-state index contributed by atoms with van der Waals surface area (Å²) in [7, 11) is 0. The lowest BCUT2D eigenvalue weighted by molar-refractivity contribution is -0.118. The minimum absolute atomic E-state index is 0.0304. The second-order valence-electron chi connectivity index (χ2n) is 5.84. The van der Waals surface area contributed by atoms with Crippen molar-refractivity contribution in [3.63, 3.8) is 0 Å². The molecule has 0 saturated heterocycles. The summed E-state index contributed by atoms with van der Waals surface area (Å²) in [5.74, 6) is 1.74. The lowest BCUT2D eigenvalue weighted by atomic mass is 9.99. The number of anilines is 1. The number of carbonyl (C=O) groups is 1. The largest absolute Gasteiger partial charge is 0.490 e. The van der Waals surface area contributed by atoms with E-state index < -0.39 is 0 Å². The van der Waals surface area contributed by atoms with Crippen molar-refractivity contribution in [3.8, 4) is 11.5 Å². The van der Waals surface area contributed by atoms with Crippen molar-refractivity contribution in [2.75, 3.05) is 18.5 Å². The van der Waals surface area contributed by atoms with Crippen LogP contribution in [-0.2, 0) is 4.79 Å². The van der Waals surface area contributed by atoms with Crippen LogP contribution in [0, 0.1) is 0 Å². The van der Waals surface area contributed by atoms with E-state index in [4.69, 9.17) is 9.47 Å². The maximum Gasteiger partial charge on any atom is 0.262 e. The van der Waals surface area contributed by atoms with Gasteiger partial charge in [-0.15, -0.1) is 0 Å². The fourth-order valence-corrected chi connectivity index (χ4v) is 2.26. The maximum atomic E-state index is 12.0. The Morgan fingerprint density at radius 3 is 2.28 bits per heavy atom. The molecule has 0 radical (unpaired) electrons. The second-order valence-corrected chi connectivity index (χ2v) is 5.84. The predicted octanol–water partition coefficient (Wildman–Crippen LogP) is 4.78. The van der Waals surface area contributed by atoms with Crippen molar-refractivity contribution in [1.29, 1.82) is 0 Å². The van der Waals surface area contributed by atoms with E-state index >= 15 is 0 Å². The first kappa shape index (κ1) is 18.6. The van der Waals surface area contributed by atoms with Crippen molar-refractivity contribution in [1.82, 2.24) is 0 Å². The van der Waals surface area contributed by atoms with Crippen molar-refractivity contribution >= 4 is 11.6 Å². The molecule has 0 aliphatic heterocycles. The lowest BCUT2D eigenvalue weighted by Crippen LogP contribution is -2.20. The molecule has 1 N–H and O–H groups in total. The van der Waals surface area contributed by atoms with Gasteiger partial charge in [-0.05, 0) is 54.3 Å². The molecule has 0 bridgehead atoms. The summed E-state index contributed by atoms with van der Waals surface area (Å²) in [5, 5.41) is 2.79. The molecule has 0 aromatic heterocycles. The highest BCUT2D eigenvalue weighted by molar-refractivity contribution is 5.91. The zero-order valence-corrected chi connectivity index (χ0v) is 14.8. The van der Waals surface area contributed by atoms with Gasteiger partial charge in [-0.3, -0.25) is 4.79 Å². The number of benzene rings is 2. The highest BCUT2D eigenvalue weighted by Gasteiger charge is 2.06. The van der Waals surface area contributed by atoms with E-state index in [1.54, 1.807) is 30.3 Å². The van der Waals surface area contributed by atoms with Crippen LogP contribution in [0.1, 0.15) is 31.7 Å². The smallest absolute Gasteiger partial charge is 0.262 e. The predicted molar refractivity (Wildman–Crippen MR) is 101 cm³/mol. The molecule has 1 unspecified atom stereocenters. The van der Waals surface area contributed by atoms with Gasteiger partial charge in [0.2, 0.25) is 0 Å².